The summed E-state index contributed by atoms with van der Waals surface area (Å²) in [5, 5.41) is 15.4. The Balaban J connectivity index is 1.44. The number of aromatic amines is 1. The van der Waals surface area contributed by atoms with E-state index in [1.807, 2.05) is 36.0 Å². The van der Waals surface area contributed by atoms with Crippen molar-refractivity contribution < 1.29 is 0 Å². The summed E-state index contributed by atoms with van der Waals surface area (Å²) in [7, 11) is 0. The zero-order valence-electron chi connectivity index (χ0n) is 13.2. The lowest BCUT2D eigenvalue weighted by molar-refractivity contribution is 0.358. The van der Waals surface area contributed by atoms with Crippen molar-refractivity contribution in [1.29, 1.82) is 0 Å². The summed E-state index contributed by atoms with van der Waals surface area (Å²) in [6.45, 7) is 3.63. The van der Waals surface area contributed by atoms with Crippen LogP contribution in [-0.4, -0.2) is 31.0 Å². The molecule has 2 aromatic heterocycles. The fourth-order valence-corrected chi connectivity index (χ4v) is 3.15. The van der Waals surface area contributed by atoms with E-state index in [0.717, 1.165) is 43.3 Å². The van der Waals surface area contributed by atoms with Crippen molar-refractivity contribution in [3.8, 4) is 11.3 Å². The topological polar surface area (TPSA) is 71.4 Å². The standard InChI is InChI=1S/C17H20N6/c1-12-20-16-8-7-15(11-23(16)22-12)18-9-14-10-19-21-17(14)13-5-3-2-4-6-13/h2-6,10,15,18H,7-9,11H2,1H3,(H,19,21). The van der Waals surface area contributed by atoms with E-state index in [4.69, 9.17) is 0 Å². The van der Waals surface area contributed by atoms with Crippen LogP contribution in [0.2, 0.25) is 0 Å². The molecule has 0 fully saturated rings. The molecule has 0 saturated carbocycles. The van der Waals surface area contributed by atoms with Crippen LogP contribution in [0.25, 0.3) is 11.3 Å². The van der Waals surface area contributed by atoms with Gasteiger partial charge in [-0.05, 0) is 18.9 Å². The Hall–Kier alpha value is -2.47. The molecule has 0 saturated heterocycles. The summed E-state index contributed by atoms with van der Waals surface area (Å²) in [4.78, 5) is 4.46. The average Bonchev–Trinajstić information content (AvgIpc) is 3.18. The van der Waals surface area contributed by atoms with Crippen LogP contribution in [0.1, 0.15) is 23.6 Å². The number of benzene rings is 1. The number of aromatic nitrogens is 5. The van der Waals surface area contributed by atoms with E-state index in [0.29, 0.717) is 6.04 Å². The normalized spacial score (nSPS) is 17.2. The molecule has 1 atom stereocenters. The van der Waals surface area contributed by atoms with Crippen LogP contribution in [-0.2, 0) is 19.5 Å². The fourth-order valence-electron chi connectivity index (χ4n) is 3.15. The van der Waals surface area contributed by atoms with Crippen molar-refractivity contribution in [3.63, 3.8) is 0 Å². The molecule has 1 aliphatic rings. The summed E-state index contributed by atoms with van der Waals surface area (Å²) in [6, 6.07) is 10.7. The van der Waals surface area contributed by atoms with Gasteiger partial charge in [0.05, 0.1) is 18.4 Å². The Labute approximate surface area is 135 Å². The van der Waals surface area contributed by atoms with Crippen LogP contribution in [0.15, 0.2) is 36.5 Å². The van der Waals surface area contributed by atoms with Gasteiger partial charge in [-0.25, -0.2) is 9.67 Å². The number of aryl methyl sites for hydroxylation is 2. The van der Waals surface area contributed by atoms with Gasteiger partial charge in [0.15, 0.2) is 0 Å². The summed E-state index contributed by atoms with van der Waals surface area (Å²) in [5.41, 5.74) is 3.45. The molecule has 0 spiro atoms. The molecule has 2 N–H and O–H groups in total. The van der Waals surface area contributed by atoms with Gasteiger partial charge in [0.2, 0.25) is 0 Å². The molecule has 6 nitrogen and oxygen atoms in total. The van der Waals surface area contributed by atoms with Gasteiger partial charge in [-0.1, -0.05) is 30.3 Å². The largest absolute Gasteiger partial charge is 0.308 e. The second kappa shape index (κ2) is 5.96. The Bertz CT molecular complexity index is 789. The number of nitrogens with zero attached hydrogens (tertiary/aromatic N) is 4. The predicted molar refractivity (Wildman–Crippen MR) is 87.7 cm³/mol. The number of H-pyrrole nitrogens is 1. The molecule has 118 valence electrons. The minimum atomic E-state index is 0.419. The summed E-state index contributed by atoms with van der Waals surface area (Å²) >= 11 is 0. The second-order valence-electron chi connectivity index (χ2n) is 6.01. The third-order valence-electron chi connectivity index (χ3n) is 4.33. The molecule has 6 heteroatoms. The maximum Gasteiger partial charge on any atom is 0.147 e. The van der Waals surface area contributed by atoms with Gasteiger partial charge in [-0.15, -0.1) is 0 Å². The molecule has 1 aromatic carbocycles. The van der Waals surface area contributed by atoms with Gasteiger partial charge in [0, 0.05) is 24.6 Å². The third kappa shape index (κ3) is 2.90. The van der Waals surface area contributed by atoms with Crippen molar-refractivity contribution in [2.24, 2.45) is 0 Å². The Morgan fingerprint density at radius 3 is 3.04 bits per heavy atom. The maximum absolute atomic E-state index is 4.46. The highest BCUT2D eigenvalue weighted by Gasteiger charge is 2.20. The molecule has 1 aliphatic heterocycles. The van der Waals surface area contributed by atoms with Crippen molar-refractivity contribution in [2.45, 2.75) is 38.9 Å². The molecule has 0 aliphatic carbocycles. The number of rotatable bonds is 4. The third-order valence-corrected chi connectivity index (χ3v) is 4.33. The molecule has 3 aromatic rings. The molecule has 0 amide bonds. The van der Waals surface area contributed by atoms with Crippen LogP contribution >= 0.6 is 0 Å². The van der Waals surface area contributed by atoms with Crippen LogP contribution in [0.5, 0.6) is 0 Å². The highest BCUT2D eigenvalue weighted by Crippen LogP contribution is 2.21. The first-order valence-electron chi connectivity index (χ1n) is 8.01. The molecule has 4 rings (SSSR count). The van der Waals surface area contributed by atoms with Crippen LogP contribution < -0.4 is 5.32 Å². The number of nitrogens with one attached hydrogen (secondary N) is 2. The zero-order chi connectivity index (χ0) is 15.6. The van der Waals surface area contributed by atoms with Gasteiger partial charge < -0.3 is 5.32 Å². The highest BCUT2D eigenvalue weighted by atomic mass is 15.4. The van der Waals surface area contributed by atoms with E-state index in [-0.39, 0.29) is 0 Å². The van der Waals surface area contributed by atoms with Gasteiger partial charge in [-0.3, -0.25) is 5.10 Å². The van der Waals surface area contributed by atoms with Crippen molar-refractivity contribution >= 4 is 0 Å². The van der Waals surface area contributed by atoms with Crippen LogP contribution in [0.4, 0.5) is 0 Å². The predicted octanol–water partition coefficient (Wildman–Crippen LogP) is 2.08. The Kier molecular flexibility index (Phi) is 3.67. The molecule has 3 heterocycles. The lowest BCUT2D eigenvalue weighted by atomic mass is 10.1. The van der Waals surface area contributed by atoms with E-state index in [1.54, 1.807) is 0 Å². The van der Waals surface area contributed by atoms with E-state index in [1.165, 1.54) is 11.1 Å². The number of hydrogen-bond donors (Lipinski definition) is 2. The van der Waals surface area contributed by atoms with Crippen molar-refractivity contribution in [2.75, 3.05) is 0 Å². The average molecular weight is 308 g/mol. The van der Waals surface area contributed by atoms with Crippen LogP contribution in [0.3, 0.4) is 0 Å². The molecule has 23 heavy (non-hydrogen) atoms. The van der Waals surface area contributed by atoms with E-state index >= 15 is 0 Å². The van der Waals surface area contributed by atoms with Gasteiger partial charge in [-0.2, -0.15) is 10.2 Å². The first kappa shape index (κ1) is 14.1. The molecular formula is C17H20N6. The van der Waals surface area contributed by atoms with Crippen LogP contribution in [0, 0.1) is 6.92 Å². The summed E-state index contributed by atoms with van der Waals surface area (Å²) in [6.07, 6.45) is 3.98. The molecule has 0 bridgehead atoms. The van der Waals surface area contributed by atoms with Gasteiger partial charge >= 0.3 is 0 Å². The molecule has 0 radical (unpaired) electrons. The van der Waals surface area contributed by atoms with Gasteiger partial charge in [0.25, 0.3) is 0 Å². The number of fused-ring (bicyclic) bond motifs is 1. The summed E-state index contributed by atoms with van der Waals surface area (Å²) < 4.78 is 2.03. The van der Waals surface area contributed by atoms with Crippen molar-refractivity contribution in [1.82, 2.24) is 30.3 Å². The Morgan fingerprint density at radius 1 is 1.30 bits per heavy atom. The SMILES string of the molecule is Cc1nc2n(n1)CC(NCc1cn[nH]c1-c1ccccc1)CC2. The Morgan fingerprint density at radius 2 is 2.17 bits per heavy atom. The lowest BCUT2D eigenvalue weighted by Crippen LogP contribution is -2.37. The quantitative estimate of drug-likeness (QED) is 0.774. The lowest BCUT2D eigenvalue weighted by Gasteiger charge is -2.23. The van der Waals surface area contributed by atoms with E-state index < -0.39 is 0 Å². The first-order valence-corrected chi connectivity index (χ1v) is 8.01. The highest BCUT2D eigenvalue weighted by molar-refractivity contribution is 5.62. The van der Waals surface area contributed by atoms with E-state index in [9.17, 15) is 0 Å². The fraction of sp³-hybridized carbons (Fsp3) is 0.353. The first-order chi connectivity index (χ1) is 11.3. The second-order valence-corrected chi connectivity index (χ2v) is 6.01. The zero-order valence-corrected chi connectivity index (χ0v) is 13.2. The minimum absolute atomic E-state index is 0.419. The van der Waals surface area contributed by atoms with Gasteiger partial charge in [0.1, 0.15) is 11.6 Å². The molecular weight excluding hydrogens is 288 g/mol. The van der Waals surface area contributed by atoms with Crippen molar-refractivity contribution in [3.05, 3.63) is 53.7 Å². The summed E-state index contributed by atoms with van der Waals surface area (Å²) in [5.74, 6) is 1.97. The maximum atomic E-state index is 4.46. The number of hydrogen-bond acceptors (Lipinski definition) is 4. The molecule has 1 unspecified atom stereocenters. The monoisotopic (exact) mass is 308 g/mol. The smallest absolute Gasteiger partial charge is 0.147 e. The van der Waals surface area contributed by atoms with E-state index in [2.05, 4.69) is 37.7 Å². The minimum Gasteiger partial charge on any atom is -0.308 e.